The van der Waals surface area contributed by atoms with Crippen LogP contribution in [0.3, 0.4) is 0 Å². The summed E-state index contributed by atoms with van der Waals surface area (Å²) >= 11 is 0. The molecule has 1 rings (SSSR count). The van der Waals surface area contributed by atoms with E-state index in [4.69, 9.17) is 14.2 Å². The standard InChI is InChI=1S/C12H23N3O3/c1-6-17-12(18-7-2)10(13-3)11-9(16-5)8-14-15(11)4/h8,10,12-13H,6-7H2,1-5H3. The molecule has 1 N–H and O–H groups in total. The molecule has 0 fully saturated rings. The molecule has 0 aromatic carbocycles. The molecule has 0 aliphatic carbocycles. The predicted octanol–water partition coefficient (Wildman–Crippen LogP) is 1.09. The molecule has 6 heteroatoms. The monoisotopic (exact) mass is 257 g/mol. The van der Waals surface area contributed by atoms with E-state index < -0.39 is 0 Å². The Balaban J connectivity index is 3.01. The maximum absolute atomic E-state index is 5.63. The minimum atomic E-state index is -0.366. The lowest BCUT2D eigenvalue weighted by Crippen LogP contribution is -2.35. The van der Waals surface area contributed by atoms with Crippen molar-refractivity contribution in [2.45, 2.75) is 26.2 Å². The van der Waals surface area contributed by atoms with Crippen LogP contribution in [0.25, 0.3) is 0 Å². The van der Waals surface area contributed by atoms with Crippen LogP contribution < -0.4 is 10.1 Å². The first-order valence-corrected chi connectivity index (χ1v) is 6.15. The van der Waals surface area contributed by atoms with Crippen LogP contribution in [0.2, 0.25) is 0 Å². The van der Waals surface area contributed by atoms with Crippen molar-refractivity contribution < 1.29 is 14.2 Å². The van der Waals surface area contributed by atoms with E-state index in [-0.39, 0.29) is 12.3 Å². The molecule has 0 radical (unpaired) electrons. The summed E-state index contributed by atoms with van der Waals surface area (Å²) in [6, 6.07) is -0.132. The van der Waals surface area contributed by atoms with Crippen LogP contribution in [0, 0.1) is 0 Å². The number of nitrogens with one attached hydrogen (secondary N) is 1. The van der Waals surface area contributed by atoms with Gasteiger partial charge in [-0.15, -0.1) is 0 Å². The molecule has 104 valence electrons. The summed E-state index contributed by atoms with van der Waals surface area (Å²) in [5.74, 6) is 0.723. The van der Waals surface area contributed by atoms with Crippen LogP contribution in [-0.2, 0) is 16.5 Å². The van der Waals surface area contributed by atoms with Crippen molar-refractivity contribution in [3.05, 3.63) is 11.9 Å². The highest BCUT2D eigenvalue weighted by atomic mass is 16.7. The second-order valence-corrected chi connectivity index (χ2v) is 3.77. The van der Waals surface area contributed by atoms with E-state index in [9.17, 15) is 0 Å². The summed E-state index contributed by atoms with van der Waals surface area (Å²) in [7, 11) is 5.36. The first-order valence-electron chi connectivity index (χ1n) is 6.15. The molecule has 0 saturated heterocycles. The number of hydrogen-bond acceptors (Lipinski definition) is 5. The van der Waals surface area contributed by atoms with Gasteiger partial charge < -0.3 is 19.5 Å². The Labute approximate surface area is 108 Å². The summed E-state index contributed by atoms with van der Waals surface area (Å²) in [5.41, 5.74) is 0.909. The molecule has 1 unspecified atom stereocenters. The number of likely N-dealkylation sites (N-methyl/N-ethyl adjacent to an activating group) is 1. The van der Waals surface area contributed by atoms with Crippen LogP contribution in [0.15, 0.2) is 6.20 Å². The second-order valence-electron chi connectivity index (χ2n) is 3.77. The molecule has 0 aliphatic heterocycles. The van der Waals surface area contributed by atoms with E-state index in [0.717, 1.165) is 11.4 Å². The number of aromatic nitrogens is 2. The molecular weight excluding hydrogens is 234 g/mol. The Hall–Kier alpha value is -1.11. The van der Waals surface area contributed by atoms with Crippen LogP contribution in [0.5, 0.6) is 5.75 Å². The highest BCUT2D eigenvalue weighted by Crippen LogP contribution is 2.28. The van der Waals surface area contributed by atoms with Gasteiger partial charge in [0.2, 0.25) is 0 Å². The van der Waals surface area contributed by atoms with Gasteiger partial charge in [0.1, 0.15) is 11.7 Å². The molecule has 0 spiro atoms. The minimum Gasteiger partial charge on any atom is -0.493 e. The van der Waals surface area contributed by atoms with Gasteiger partial charge in [0, 0.05) is 20.3 Å². The average molecular weight is 257 g/mol. The van der Waals surface area contributed by atoms with E-state index in [0.29, 0.717) is 13.2 Å². The number of nitrogens with zero attached hydrogens (tertiary/aromatic N) is 2. The molecule has 0 bridgehead atoms. The highest BCUT2D eigenvalue weighted by molar-refractivity contribution is 5.28. The SMILES string of the molecule is CCOC(OCC)C(NC)c1c(OC)cnn1C. The van der Waals surface area contributed by atoms with Crippen molar-refractivity contribution in [2.24, 2.45) is 7.05 Å². The van der Waals surface area contributed by atoms with E-state index in [1.54, 1.807) is 18.0 Å². The molecule has 0 saturated carbocycles. The Morgan fingerprint density at radius 1 is 1.33 bits per heavy atom. The maximum Gasteiger partial charge on any atom is 0.178 e. The van der Waals surface area contributed by atoms with Crippen LogP contribution in [0.1, 0.15) is 25.6 Å². The largest absolute Gasteiger partial charge is 0.493 e. The minimum absolute atomic E-state index is 0.132. The molecule has 1 aromatic heterocycles. The number of rotatable bonds is 8. The van der Waals surface area contributed by atoms with Crippen molar-refractivity contribution in [2.75, 3.05) is 27.4 Å². The lowest BCUT2D eigenvalue weighted by Gasteiger charge is -2.27. The van der Waals surface area contributed by atoms with Crippen molar-refractivity contribution >= 4 is 0 Å². The number of aryl methyl sites for hydroxylation is 1. The molecule has 6 nitrogen and oxygen atoms in total. The van der Waals surface area contributed by atoms with Crippen molar-refractivity contribution in [3.8, 4) is 5.75 Å². The van der Waals surface area contributed by atoms with E-state index >= 15 is 0 Å². The summed E-state index contributed by atoms with van der Waals surface area (Å²) in [5, 5.41) is 7.40. The van der Waals surface area contributed by atoms with Crippen LogP contribution in [0.4, 0.5) is 0 Å². The molecule has 1 heterocycles. The van der Waals surface area contributed by atoms with Gasteiger partial charge in [0.05, 0.1) is 13.3 Å². The molecule has 1 atom stereocenters. The van der Waals surface area contributed by atoms with Gasteiger partial charge in [-0.1, -0.05) is 0 Å². The van der Waals surface area contributed by atoms with Gasteiger partial charge >= 0.3 is 0 Å². The van der Waals surface area contributed by atoms with E-state index in [2.05, 4.69) is 10.4 Å². The fraction of sp³-hybridized carbons (Fsp3) is 0.750. The fourth-order valence-corrected chi connectivity index (χ4v) is 1.91. The Kier molecular flexibility index (Phi) is 6.11. The topological polar surface area (TPSA) is 57.5 Å². The zero-order valence-corrected chi connectivity index (χ0v) is 11.8. The average Bonchev–Trinajstić information content (AvgIpc) is 2.73. The lowest BCUT2D eigenvalue weighted by molar-refractivity contribution is -0.155. The first kappa shape index (κ1) is 14.9. The zero-order valence-electron chi connectivity index (χ0n) is 11.8. The molecule has 1 aromatic rings. The van der Waals surface area contributed by atoms with Crippen molar-refractivity contribution in [1.82, 2.24) is 15.1 Å². The first-order chi connectivity index (χ1) is 8.69. The van der Waals surface area contributed by atoms with Gasteiger partial charge in [-0.25, -0.2) is 0 Å². The van der Waals surface area contributed by atoms with Crippen molar-refractivity contribution in [1.29, 1.82) is 0 Å². The molecule has 0 aliphatic rings. The van der Waals surface area contributed by atoms with E-state index in [1.807, 2.05) is 27.9 Å². The Morgan fingerprint density at radius 2 is 1.94 bits per heavy atom. The van der Waals surface area contributed by atoms with Gasteiger partial charge in [-0.05, 0) is 20.9 Å². The van der Waals surface area contributed by atoms with Gasteiger partial charge in [-0.2, -0.15) is 5.10 Å². The normalized spacial score (nSPS) is 13.0. The predicted molar refractivity (Wildman–Crippen MR) is 68.6 cm³/mol. The second kappa shape index (κ2) is 7.35. The summed E-state index contributed by atoms with van der Waals surface area (Å²) in [4.78, 5) is 0. The lowest BCUT2D eigenvalue weighted by atomic mass is 10.2. The Morgan fingerprint density at radius 3 is 2.39 bits per heavy atom. The third kappa shape index (κ3) is 3.22. The number of methoxy groups -OCH3 is 1. The van der Waals surface area contributed by atoms with E-state index in [1.165, 1.54) is 0 Å². The molecular formula is C12H23N3O3. The van der Waals surface area contributed by atoms with Gasteiger partial charge in [-0.3, -0.25) is 4.68 Å². The quantitative estimate of drug-likeness (QED) is 0.706. The zero-order chi connectivity index (χ0) is 13.5. The van der Waals surface area contributed by atoms with Crippen molar-refractivity contribution in [3.63, 3.8) is 0 Å². The third-order valence-corrected chi connectivity index (χ3v) is 2.71. The highest BCUT2D eigenvalue weighted by Gasteiger charge is 2.28. The maximum atomic E-state index is 5.63. The Bertz CT molecular complexity index is 348. The van der Waals surface area contributed by atoms with Gasteiger partial charge in [0.25, 0.3) is 0 Å². The summed E-state index contributed by atoms with van der Waals surface area (Å²) in [6.45, 7) is 5.06. The number of hydrogen-bond donors (Lipinski definition) is 1. The summed E-state index contributed by atoms with van der Waals surface area (Å²) < 4.78 is 18.4. The summed E-state index contributed by atoms with van der Waals surface area (Å²) in [6.07, 6.45) is 1.32. The van der Waals surface area contributed by atoms with Crippen LogP contribution in [-0.4, -0.2) is 43.4 Å². The fourth-order valence-electron chi connectivity index (χ4n) is 1.91. The van der Waals surface area contributed by atoms with Gasteiger partial charge in [0.15, 0.2) is 12.0 Å². The smallest absolute Gasteiger partial charge is 0.178 e. The molecule has 18 heavy (non-hydrogen) atoms. The third-order valence-electron chi connectivity index (χ3n) is 2.71. The molecule has 0 amide bonds. The number of ether oxygens (including phenoxy) is 3. The van der Waals surface area contributed by atoms with Crippen LogP contribution >= 0.6 is 0 Å².